The fourth-order valence-electron chi connectivity index (χ4n) is 1.86. The monoisotopic (exact) mass is 292 g/mol. The predicted molar refractivity (Wildman–Crippen MR) is 74.3 cm³/mol. The lowest BCUT2D eigenvalue weighted by Gasteiger charge is -2.05. The van der Waals surface area contributed by atoms with E-state index < -0.39 is 0 Å². The molecule has 1 aromatic heterocycles. The molecule has 1 aliphatic heterocycles. The van der Waals surface area contributed by atoms with Crippen LogP contribution in [0.4, 0.5) is 0 Å². The number of nitrogens with zero attached hydrogens (tertiary/aromatic N) is 3. The zero-order valence-corrected chi connectivity index (χ0v) is 11.7. The number of benzene rings is 1. The molecule has 2 aromatic rings. The standard InChI is InChI=1S/C12H12N4O3S/c1-7-14-15-12(20)16(7)13-5-8-3-9(17-2)11-10(4-8)18-6-19-11/h3-5H,6H2,1-2H3,(H,15,20)/b13-5-. The Morgan fingerprint density at radius 3 is 3.05 bits per heavy atom. The van der Waals surface area contributed by atoms with Crippen molar-refractivity contribution in [2.24, 2.45) is 5.10 Å². The van der Waals surface area contributed by atoms with Crippen LogP contribution in [0.5, 0.6) is 17.2 Å². The summed E-state index contributed by atoms with van der Waals surface area (Å²) in [4.78, 5) is 0. The molecule has 0 bridgehead atoms. The van der Waals surface area contributed by atoms with Gasteiger partial charge in [0, 0.05) is 5.56 Å². The van der Waals surface area contributed by atoms with Crippen molar-refractivity contribution in [1.82, 2.24) is 14.9 Å². The maximum atomic E-state index is 5.36. The van der Waals surface area contributed by atoms with Crippen molar-refractivity contribution >= 4 is 18.4 Å². The van der Waals surface area contributed by atoms with E-state index in [0.29, 0.717) is 27.8 Å². The van der Waals surface area contributed by atoms with E-state index in [0.717, 1.165) is 5.56 Å². The maximum absolute atomic E-state index is 5.36. The summed E-state index contributed by atoms with van der Waals surface area (Å²) in [5.74, 6) is 2.53. The molecule has 0 unspecified atom stereocenters. The minimum atomic E-state index is 0.193. The first-order chi connectivity index (χ1) is 9.69. The van der Waals surface area contributed by atoms with Gasteiger partial charge in [-0.05, 0) is 31.3 Å². The van der Waals surface area contributed by atoms with Gasteiger partial charge in [-0.2, -0.15) is 14.9 Å². The Hall–Kier alpha value is -2.35. The number of fused-ring (bicyclic) bond motifs is 1. The quantitative estimate of drug-likeness (QED) is 0.690. The van der Waals surface area contributed by atoms with Gasteiger partial charge in [0.15, 0.2) is 11.5 Å². The lowest BCUT2D eigenvalue weighted by Crippen LogP contribution is -1.94. The van der Waals surface area contributed by atoms with E-state index in [1.807, 2.05) is 19.1 Å². The van der Waals surface area contributed by atoms with Gasteiger partial charge < -0.3 is 14.2 Å². The molecule has 1 N–H and O–H groups in total. The van der Waals surface area contributed by atoms with E-state index in [4.69, 9.17) is 26.4 Å². The van der Waals surface area contributed by atoms with Crippen molar-refractivity contribution in [3.63, 3.8) is 0 Å². The number of aromatic amines is 1. The Morgan fingerprint density at radius 1 is 1.50 bits per heavy atom. The Morgan fingerprint density at radius 2 is 2.35 bits per heavy atom. The summed E-state index contributed by atoms with van der Waals surface area (Å²) in [6, 6.07) is 3.64. The van der Waals surface area contributed by atoms with Crippen LogP contribution in [0.2, 0.25) is 0 Å². The average Bonchev–Trinajstić information content (AvgIpc) is 3.03. The van der Waals surface area contributed by atoms with Gasteiger partial charge in [0.1, 0.15) is 5.82 Å². The van der Waals surface area contributed by atoms with E-state index in [9.17, 15) is 0 Å². The zero-order valence-electron chi connectivity index (χ0n) is 10.9. The van der Waals surface area contributed by atoms with Gasteiger partial charge in [-0.1, -0.05) is 0 Å². The molecule has 0 atom stereocenters. The molecule has 1 aliphatic rings. The zero-order chi connectivity index (χ0) is 14.1. The summed E-state index contributed by atoms with van der Waals surface area (Å²) in [6.07, 6.45) is 1.66. The van der Waals surface area contributed by atoms with Crippen LogP contribution in [0, 0.1) is 11.7 Å². The summed E-state index contributed by atoms with van der Waals surface area (Å²) in [7, 11) is 1.58. The third-order valence-corrected chi connectivity index (χ3v) is 3.08. The highest BCUT2D eigenvalue weighted by Crippen LogP contribution is 2.41. The van der Waals surface area contributed by atoms with Crippen LogP contribution in [-0.4, -0.2) is 35.0 Å². The largest absolute Gasteiger partial charge is 0.493 e. The molecule has 0 spiro atoms. The number of aromatic nitrogens is 3. The molecule has 104 valence electrons. The Labute approximate surface area is 119 Å². The SMILES string of the molecule is COc1cc(/C=N\n2c(C)n[nH]c2=S)cc2c1OCO2. The molecular formula is C12H12N4O3S. The Bertz CT molecular complexity index is 735. The van der Waals surface area contributed by atoms with Gasteiger partial charge in [0.25, 0.3) is 0 Å². The normalized spacial score (nSPS) is 13.1. The van der Waals surface area contributed by atoms with E-state index in [2.05, 4.69) is 15.3 Å². The van der Waals surface area contributed by atoms with Crippen LogP contribution in [0.1, 0.15) is 11.4 Å². The Balaban J connectivity index is 1.98. The second kappa shape index (κ2) is 4.97. The van der Waals surface area contributed by atoms with Gasteiger partial charge in [-0.15, -0.1) is 0 Å². The molecule has 0 fully saturated rings. The second-order valence-corrected chi connectivity index (χ2v) is 4.48. The molecule has 0 radical (unpaired) electrons. The number of H-pyrrole nitrogens is 1. The summed E-state index contributed by atoms with van der Waals surface area (Å²) in [6.45, 7) is 2.00. The molecule has 1 aromatic carbocycles. The van der Waals surface area contributed by atoms with E-state index in [1.54, 1.807) is 13.3 Å². The van der Waals surface area contributed by atoms with Crippen molar-refractivity contribution in [3.05, 3.63) is 28.3 Å². The smallest absolute Gasteiger partial charge is 0.231 e. The molecule has 8 heteroatoms. The van der Waals surface area contributed by atoms with Crippen LogP contribution < -0.4 is 14.2 Å². The number of nitrogens with one attached hydrogen (secondary N) is 1. The molecule has 0 amide bonds. The fraction of sp³-hybridized carbons (Fsp3) is 0.250. The van der Waals surface area contributed by atoms with Gasteiger partial charge in [-0.3, -0.25) is 5.10 Å². The number of hydrogen-bond donors (Lipinski definition) is 1. The average molecular weight is 292 g/mol. The first-order valence-electron chi connectivity index (χ1n) is 5.85. The highest BCUT2D eigenvalue weighted by molar-refractivity contribution is 7.71. The van der Waals surface area contributed by atoms with E-state index in [-0.39, 0.29) is 6.79 Å². The maximum Gasteiger partial charge on any atom is 0.231 e. The topological polar surface area (TPSA) is 73.7 Å². The third-order valence-electron chi connectivity index (χ3n) is 2.82. The van der Waals surface area contributed by atoms with E-state index in [1.165, 1.54) is 4.68 Å². The van der Waals surface area contributed by atoms with Crippen LogP contribution in [0.3, 0.4) is 0 Å². The van der Waals surface area contributed by atoms with Crippen molar-refractivity contribution in [2.45, 2.75) is 6.92 Å². The third kappa shape index (κ3) is 2.14. The molecule has 3 rings (SSSR count). The molecule has 7 nitrogen and oxygen atoms in total. The molecule has 0 saturated heterocycles. The van der Waals surface area contributed by atoms with Crippen molar-refractivity contribution in [1.29, 1.82) is 0 Å². The van der Waals surface area contributed by atoms with Crippen molar-refractivity contribution < 1.29 is 14.2 Å². The van der Waals surface area contributed by atoms with Crippen LogP contribution in [0.25, 0.3) is 0 Å². The number of methoxy groups -OCH3 is 1. The van der Waals surface area contributed by atoms with Gasteiger partial charge in [0.2, 0.25) is 17.3 Å². The van der Waals surface area contributed by atoms with Gasteiger partial charge in [0.05, 0.1) is 13.3 Å². The summed E-state index contributed by atoms with van der Waals surface area (Å²) in [5.41, 5.74) is 0.814. The fourth-order valence-corrected chi connectivity index (χ4v) is 2.08. The van der Waals surface area contributed by atoms with Crippen LogP contribution in [-0.2, 0) is 0 Å². The molecular weight excluding hydrogens is 280 g/mol. The van der Waals surface area contributed by atoms with Crippen LogP contribution in [0.15, 0.2) is 17.2 Å². The van der Waals surface area contributed by atoms with Gasteiger partial charge >= 0.3 is 0 Å². The van der Waals surface area contributed by atoms with E-state index >= 15 is 0 Å². The molecule has 0 aliphatic carbocycles. The predicted octanol–water partition coefficient (Wildman–Crippen LogP) is 1.87. The van der Waals surface area contributed by atoms with Crippen molar-refractivity contribution in [2.75, 3.05) is 13.9 Å². The molecule has 20 heavy (non-hydrogen) atoms. The minimum Gasteiger partial charge on any atom is -0.493 e. The molecule has 0 saturated carbocycles. The summed E-state index contributed by atoms with van der Waals surface area (Å²) >= 11 is 5.08. The minimum absolute atomic E-state index is 0.193. The second-order valence-electron chi connectivity index (χ2n) is 4.09. The number of rotatable bonds is 3. The Kier molecular flexibility index (Phi) is 3.15. The summed E-state index contributed by atoms with van der Waals surface area (Å²) in [5, 5.41) is 10.9. The van der Waals surface area contributed by atoms with Gasteiger partial charge in [-0.25, -0.2) is 0 Å². The number of aryl methyl sites for hydroxylation is 1. The van der Waals surface area contributed by atoms with Crippen LogP contribution >= 0.6 is 12.2 Å². The lowest BCUT2D eigenvalue weighted by molar-refractivity contribution is 0.171. The number of hydrogen-bond acceptors (Lipinski definition) is 6. The highest BCUT2D eigenvalue weighted by Gasteiger charge is 2.19. The highest BCUT2D eigenvalue weighted by atomic mass is 32.1. The van der Waals surface area contributed by atoms with Crippen molar-refractivity contribution in [3.8, 4) is 17.2 Å². The summed E-state index contributed by atoms with van der Waals surface area (Å²) < 4.78 is 17.9. The lowest BCUT2D eigenvalue weighted by atomic mass is 10.2. The first-order valence-corrected chi connectivity index (χ1v) is 6.26. The first kappa shape index (κ1) is 12.7. The molecule has 2 heterocycles. The number of ether oxygens (including phenoxy) is 3.